The van der Waals surface area contributed by atoms with Gasteiger partial charge in [-0.05, 0) is 12.8 Å². The van der Waals surface area contributed by atoms with Crippen molar-refractivity contribution >= 4 is 22.6 Å². The third kappa shape index (κ3) is 6.41. The zero-order valence-electron chi connectivity index (χ0n) is 7.38. The smallest absolute Gasteiger partial charge is 0.306 e. The summed E-state index contributed by atoms with van der Waals surface area (Å²) in [5, 5.41) is 16.9. The van der Waals surface area contributed by atoms with E-state index in [9.17, 15) is 18.0 Å². The number of thiol groups is 1. The van der Waals surface area contributed by atoms with Gasteiger partial charge in [-0.25, -0.2) is 8.42 Å². The normalized spacial score (nSPS) is 12.6. The van der Waals surface area contributed by atoms with Crippen molar-refractivity contribution in [2.45, 2.75) is 19.3 Å². The number of aliphatic carboxylic acids is 2. The molecule has 2 N–H and O–H groups in total. The Hall–Kier alpha value is -1.11. The number of carboxylic acid groups (broad SMARTS) is 2. The maximum absolute atomic E-state index is 10.5. The van der Waals surface area contributed by atoms with Crippen LogP contribution in [0.5, 0.6) is 0 Å². The average Bonchev–Trinajstić information content (AvgIpc) is 2.02. The first-order chi connectivity index (χ1) is 6.43. The van der Waals surface area contributed by atoms with E-state index in [2.05, 4.69) is 0 Å². The Morgan fingerprint density at radius 1 is 1.14 bits per heavy atom. The van der Waals surface area contributed by atoms with Gasteiger partial charge in [-0.2, -0.15) is 0 Å². The maximum atomic E-state index is 10.5. The lowest BCUT2D eigenvalue weighted by Crippen LogP contribution is -2.17. The highest BCUT2D eigenvalue weighted by Gasteiger charge is 2.18. The minimum absolute atomic E-state index is 0.0265. The molecule has 0 amide bonds. The van der Waals surface area contributed by atoms with Gasteiger partial charge in [0, 0.05) is 12.2 Å². The van der Waals surface area contributed by atoms with E-state index in [4.69, 9.17) is 10.2 Å². The highest BCUT2D eigenvalue weighted by molar-refractivity contribution is 7.72. The predicted molar refractivity (Wildman–Crippen MR) is 47.8 cm³/mol. The standard InChI is InChI=1S/C7H12O6S/c8-6(9)2-1-5(7(10)11)3-4-14(12)13/h5,14H,1-4H2,(H,8,9)(H,10,11). The van der Waals surface area contributed by atoms with Gasteiger partial charge in [-0.15, -0.1) is 0 Å². The van der Waals surface area contributed by atoms with Gasteiger partial charge >= 0.3 is 11.9 Å². The van der Waals surface area contributed by atoms with Crippen molar-refractivity contribution in [2.75, 3.05) is 5.75 Å². The van der Waals surface area contributed by atoms with Crippen LogP contribution in [-0.2, 0) is 20.3 Å². The molecule has 0 radical (unpaired) electrons. The number of carbonyl (C=O) groups is 2. The van der Waals surface area contributed by atoms with Crippen LogP contribution in [0, 0.1) is 5.92 Å². The van der Waals surface area contributed by atoms with Crippen LogP contribution < -0.4 is 0 Å². The van der Waals surface area contributed by atoms with Crippen LogP contribution in [-0.4, -0.2) is 36.3 Å². The van der Waals surface area contributed by atoms with Crippen molar-refractivity contribution in [3.8, 4) is 0 Å². The fourth-order valence-corrected chi connectivity index (χ4v) is 1.47. The lowest BCUT2D eigenvalue weighted by molar-refractivity contribution is -0.142. The molecule has 0 fully saturated rings. The summed E-state index contributed by atoms with van der Waals surface area (Å²) >= 11 is 0. The van der Waals surface area contributed by atoms with Crippen LogP contribution in [0.3, 0.4) is 0 Å². The second-order valence-corrected chi connectivity index (χ2v) is 3.93. The summed E-state index contributed by atoms with van der Waals surface area (Å²) in [4.78, 5) is 20.7. The molecule has 0 aliphatic heterocycles. The molecule has 0 saturated heterocycles. The van der Waals surface area contributed by atoms with Gasteiger partial charge in [0.05, 0.1) is 5.92 Å². The molecule has 0 spiro atoms. The Morgan fingerprint density at radius 3 is 2.07 bits per heavy atom. The summed E-state index contributed by atoms with van der Waals surface area (Å²) < 4.78 is 20.4. The Kier molecular flexibility index (Phi) is 5.86. The van der Waals surface area contributed by atoms with E-state index < -0.39 is 28.6 Å². The molecule has 0 saturated carbocycles. The summed E-state index contributed by atoms with van der Waals surface area (Å²) in [5.74, 6) is -3.34. The van der Waals surface area contributed by atoms with E-state index in [0.717, 1.165) is 0 Å². The molecule has 0 aromatic rings. The second kappa shape index (κ2) is 6.36. The maximum Gasteiger partial charge on any atom is 0.306 e. The monoisotopic (exact) mass is 224 g/mol. The van der Waals surface area contributed by atoms with Crippen LogP contribution in [0.25, 0.3) is 0 Å². The SMILES string of the molecule is O=C(O)CCC(CC[SH](=O)=O)C(=O)O. The first kappa shape index (κ1) is 12.9. The fourth-order valence-electron chi connectivity index (χ4n) is 0.950. The summed E-state index contributed by atoms with van der Waals surface area (Å²) in [5.41, 5.74) is 0. The summed E-state index contributed by atoms with van der Waals surface area (Å²) in [6.45, 7) is 0. The van der Waals surface area contributed by atoms with Crippen LogP contribution in [0.2, 0.25) is 0 Å². The molecule has 0 aromatic carbocycles. The van der Waals surface area contributed by atoms with Crippen LogP contribution in [0.4, 0.5) is 0 Å². The average molecular weight is 224 g/mol. The molecule has 6 nitrogen and oxygen atoms in total. The molecule has 14 heavy (non-hydrogen) atoms. The topological polar surface area (TPSA) is 109 Å². The number of carboxylic acids is 2. The molecule has 0 aliphatic carbocycles. The third-order valence-electron chi connectivity index (χ3n) is 1.72. The molecule has 1 atom stereocenters. The number of hydrogen-bond donors (Lipinski definition) is 3. The van der Waals surface area contributed by atoms with Crippen molar-refractivity contribution in [3.63, 3.8) is 0 Å². The quantitative estimate of drug-likeness (QED) is 0.505. The van der Waals surface area contributed by atoms with Gasteiger partial charge in [0.15, 0.2) is 0 Å². The third-order valence-corrected chi connectivity index (χ3v) is 2.34. The molecule has 0 aliphatic rings. The minimum atomic E-state index is -2.59. The lowest BCUT2D eigenvalue weighted by atomic mass is 10.0. The number of hydrogen-bond acceptors (Lipinski definition) is 4. The van der Waals surface area contributed by atoms with E-state index in [1.807, 2.05) is 0 Å². The molecular formula is C7H12O6S. The Labute approximate surface area is 82.5 Å². The highest BCUT2D eigenvalue weighted by atomic mass is 32.2. The zero-order valence-corrected chi connectivity index (χ0v) is 8.27. The molecule has 0 heterocycles. The van der Waals surface area contributed by atoms with E-state index in [-0.39, 0.29) is 25.0 Å². The van der Waals surface area contributed by atoms with Gasteiger partial charge in [0.2, 0.25) is 0 Å². The summed E-state index contributed by atoms with van der Waals surface area (Å²) in [6.07, 6.45) is -0.318. The molecular weight excluding hydrogens is 212 g/mol. The molecule has 1 unspecified atom stereocenters. The molecule has 82 valence electrons. The molecule has 7 heteroatoms. The molecule has 0 rings (SSSR count). The molecule has 0 aromatic heterocycles. The Morgan fingerprint density at radius 2 is 1.71 bits per heavy atom. The first-order valence-electron chi connectivity index (χ1n) is 4.00. The predicted octanol–water partition coefficient (Wildman–Crippen LogP) is -0.447. The van der Waals surface area contributed by atoms with Crippen molar-refractivity contribution in [3.05, 3.63) is 0 Å². The van der Waals surface area contributed by atoms with Gasteiger partial charge < -0.3 is 10.2 Å². The van der Waals surface area contributed by atoms with Gasteiger partial charge in [0.1, 0.15) is 10.7 Å². The van der Waals surface area contributed by atoms with Gasteiger partial charge in [-0.1, -0.05) is 0 Å². The highest BCUT2D eigenvalue weighted by Crippen LogP contribution is 2.11. The van der Waals surface area contributed by atoms with E-state index in [0.29, 0.717) is 0 Å². The van der Waals surface area contributed by atoms with Crippen molar-refractivity contribution in [2.24, 2.45) is 5.92 Å². The first-order valence-corrected chi connectivity index (χ1v) is 5.36. The van der Waals surface area contributed by atoms with Gasteiger partial charge in [0.25, 0.3) is 0 Å². The Balaban J connectivity index is 4.02. The largest absolute Gasteiger partial charge is 0.481 e. The lowest BCUT2D eigenvalue weighted by Gasteiger charge is -2.07. The van der Waals surface area contributed by atoms with E-state index >= 15 is 0 Å². The van der Waals surface area contributed by atoms with Crippen LogP contribution in [0.1, 0.15) is 19.3 Å². The number of rotatable bonds is 7. The van der Waals surface area contributed by atoms with E-state index in [1.165, 1.54) is 0 Å². The summed E-state index contributed by atoms with van der Waals surface area (Å²) in [6, 6.07) is 0. The Bertz CT molecular complexity index is 274. The van der Waals surface area contributed by atoms with Crippen LogP contribution >= 0.6 is 0 Å². The minimum Gasteiger partial charge on any atom is -0.481 e. The van der Waals surface area contributed by atoms with Gasteiger partial charge in [-0.3, -0.25) is 9.59 Å². The zero-order chi connectivity index (χ0) is 11.1. The van der Waals surface area contributed by atoms with Crippen molar-refractivity contribution in [1.29, 1.82) is 0 Å². The fraction of sp³-hybridized carbons (Fsp3) is 0.714. The van der Waals surface area contributed by atoms with Crippen molar-refractivity contribution < 1.29 is 28.2 Å². The molecule has 0 bridgehead atoms. The summed E-state index contributed by atoms with van der Waals surface area (Å²) in [7, 11) is -2.59. The van der Waals surface area contributed by atoms with Crippen LogP contribution in [0.15, 0.2) is 0 Å². The second-order valence-electron chi connectivity index (χ2n) is 2.81. The van der Waals surface area contributed by atoms with E-state index in [1.54, 1.807) is 0 Å². The van der Waals surface area contributed by atoms with Crippen molar-refractivity contribution in [1.82, 2.24) is 0 Å².